The van der Waals surface area contributed by atoms with Crippen molar-refractivity contribution in [2.75, 3.05) is 33.4 Å². The van der Waals surface area contributed by atoms with Crippen LogP contribution in [-0.4, -0.2) is 61.9 Å². The molecule has 1 N–H and O–H groups in total. The quantitative estimate of drug-likeness (QED) is 0.768. The maximum Gasteiger partial charge on any atom is 0.326 e. The van der Waals surface area contributed by atoms with E-state index in [1.165, 1.54) is 0 Å². The summed E-state index contributed by atoms with van der Waals surface area (Å²) >= 11 is 0. The molecule has 1 saturated carbocycles. The number of carbonyl (C=O) groups is 1. The minimum absolute atomic E-state index is 0.0923. The van der Waals surface area contributed by atoms with Crippen molar-refractivity contribution in [2.45, 2.75) is 57.2 Å². The van der Waals surface area contributed by atoms with E-state index in [-0.39, 0.29) is 5.97 Å². The van der Waals surface area contributed by atoms with Gasteiger partial charge in [0.1, 0.15) is 5.54 Å². The zero-order valence-electron chi connectivity index (χ0n) is 13.0. The Labute approximate surface area is 122 Å². The first kappa shape index (κ1) is 15.7. The predicted molar refractivity (Wildman–Crippen MR) is 77.7 cm³/mol. The van der Waals surface area contributed by atoms with Crippen molar-refractivity contribution in [1.29, 1.82) is 0 Å². The molecule has 20 heavy (non-hydrogen) atoms. The standard InChI is InChI=1S/C15H28N2O3/c1-4-13-11-17(8-9-20-13)12-6-7-15(10-12,16-3)14(18)19-5-2/h12-13,16H,4-11H2,1-3H3. The highest BCUT2D eigenvalue weighted by Gasteiger charge is 2.47. The Morgan fingerprint density at radius 1 is 1.50 bits per heavy atom. The molecule has 116 valence electrons. The van der Waals surface area contributed by atoms with Crippen molar-refractivity contribution in [3.8, 4) is 0 Å². The first-order valence-electron chi connectivity index (χ1n) is 7.87. The SMILES string of the molecule is CCOC(=O)C1(NC)CCC(N2CCOC(CC)C2)C1. The summed E-state index contributed by atoms with van der Waals surface area (Å²) in [6.45, 7) is 7.25. The van der Waals surface area contributed by atoms with Gasteiger partial charge >= 0.3 is 5.97 Å². The first-order chi connectivity index (χ1) is 9.65. The predicted octanol–water partition coefficient (Wildman–Crippen LogP) is 1.17. The lowest BCUT2D eigenvalue weighted by atomic mass is 9.97. The minimum atomic E-state index is -0.485. The summed E-state index contributed by atoms with van der Waals surface area (Å²) in [5.41, 5.74) is -0.485. The molecule has 0 aromatic rings. The number of rotatable bonds is 5. The van der Waals surface area contributed by atoms with E-state index in [9.17, 15) is 4.79 Å². The number of ether oxygens (including phenoxy) is 2. The highest BCUT2D eigenvalue weighted by atomic mass is 16.5. The second-order valence-corrected chi connectivity index (χ2v) is 5.85. The number of nitrogens with one attached hydrogen (secondary N) is 1. The largest absolute Gasteiger partial charge is 0.465 e. The summed E-state index contributed by atoms with van der Waals surface area (Å²) in [7, 11) is 1.87. The van der Waals surface area contributed by atoms with E-state index in [0.29, 0.717) is 18.8 Å². The average Bonchev–Trinajstić information content (AvgIpc) is 2.93. The van der Waals surface area contributed by atoms with Crippen LogP contribution in [0.4, 0.5) is 0 Å². The summed E-state index contributed by atoms with van der Waals surface area (Å²) in [6.07, 6.45) is 4.16. The van der Waals surface area contributed by atoms with E-state index in [4.69, 9.17) is 9.47 Å². The van der Waals surface area contributed by atoms with Gasteiger partial charge in [-0.3, -0.25) is 9.69 Å². The van der Waals surface area contributed by atoms with Crippen LogP contribution in [-0.2, 0) is 14.3 Å². The van der Waals surface area contributed by atoms with Crippen molar-refractivity contribution >= 4 is 5.97 Å². The summed E-state index contributed by atoms with van der Waals surface area (Å²) in [5, 5.41) is 3.22. The van der Waals surface area contributed by atoms with Crippen molar-refractivity contribution < 1.29 is 14.3 Å². The third-order valence-corrected chi connectivity index (χ3v) is 4.78. The number of esters is 1. The Kier molecular flexibility index (Phi) is 5.41. The number of hydrogen-bond donors (Lipinski definition) is 1. The lowest BCUT2D eigenvalue weighted by Crippen LogP contribution is -2.52. The lowest BCUT2D eigenvalue weighted by Gasteiger charge is -2.37. The number of carbonyl (C=O) groups excluding carboxylic acids is 1. The maximum atomic E-state index is 12.2. The van der Waals surface area contributed by atoms with Gasteiger partial charge in [-0.2, -0.15) is 0 Å². The first-order valence-corrected chi connectivity index (χ1v) is 7.87. The fourth-order valence-corrected chi connectivity index (χ4v) is 3.44. The molecule has 5 heteroatoms. The zero-order chi connectivity index (χ0) is 14.6. The molecule has 0 aromatic carbocycles. The van der Waals surface area contributed by atoms with Gasteiger partial charge in [-0.25, -0.2) is 0 Å². The second kappa shape index (κ2) is 6.87. The number of morpholine rings is 1. The molecule has 1 aliphatic heterocycles. The van der Waals surface area contributed by atoms with Gasteiger partial charge in [-0.15, -0.1) is 0 Å². The van der Waals surface area contributed by atoms with E-state index in [0.717, 1.165) is 45.4 Å². The molecule has 1 saturated heterocycles. The van der Waals surface area contributed by atoms with Gasteiger partial charge in [0, 0.05) is 19.1 Å². The van der Waals surface area contributed by atoms with E-state index < -0.39 is 5.54 Å². The number of likely N-dealkylation sites (N-methyl/N-ethyl adjacent to an activating group) is 1. The molecular formula is C15H28N2O3. The lowest BCUT2D eigenvalue weighted by molar-refractivity contribution is -0.151. The van der Waals surface area contributed by atoms with Crippen molar-refractivity contribution in [3.05, 3.63) is 0 Å². The molecular weight excluding hydrogens is 256 g/mol. The highest BCUT2D eigenvalue weighted by molar-refractivity contribution is 5.81. The minimum Gasteiger partial charge on any atom is -0.465 e. The van der Waals surface area contributed by atoms with Gasteiger partial charge in [-0.1, -0.05) is 6.92 Å². The summed E-state index contributed by atoms with van der Waals surface area (Å²) < 4.78 is 11.0. The van der Waals surface area contributed by atoms with Gasteiger partial charge in [0.2, 0.25) is 0 Å². The topological polar surface area (TPSA) is 50.8 Å². The Morgan fingerprint density at radius 2 is 2.30 bits per heavy atom. The third kappa shape index (κ3) is 3.15. The van der Waals surface area contributed by atoms with E-state index in [1.54, 1.807) is 0 Å². The van der Waals surface area contributed by atoms with Crippen LogP contribution in [0.15, 0.2) is 0 Å². The monoisotopic (exact) mass is 284 g/mol. The molecule has 5 nitrogen and oxygen atoms in total. The van der Waals surface area contributed by atoms with Gasteiger partial charge in [0.25, 0.3) is 0 Å². The summed E-state index contributed by atoms with van der Waals surface area (Å²) in [4.78, 5) is 14.7. The third-order valence-electron chi connectivity index (χ3n) is 4.78. The smallest absolute Gasteiger partial charge is 0.326 e. The molecule has 3 unspecified atom stereocenters. The molecule has 0 amide bonds. The zero-order valence-corrected chi connectivity index (χ0v) is 13.0. The Hall–Kier alpha value is -0.650. The molecule has 2 aliphatic rings. The highest BCUT2D eigenvalue weighted by Crippen LogP contribution is 2.34. The molecule has 3 atom stereocenters. The normalized spacial score (nSPS) is 35.1. The molecule has 0 aromatic heterocycles. The van der Waals surface area contributed by atoms with Crippen molar-refractivity contribution in [2.24, 2.45) is 0 Å². The maximum absolute atomic E-state index is 12.2. The number of nitrogens with zero attached hydrogens (tertiary/aromatic N) is 1. The van der Waals surface area contributed by atoms with Crippen molar-refractivity contribution in [1.82, 2.24) is 10.2 Å². The molecule has 0 radical (unpaired) electrons. The van der Waals surface area contributed by atoms with Crippen LogP contribution in [0.3, 0.4) is 0 Å². The van der Waals surface area contributed by atoms with E-state index in [2.05, 4.69) is 17.1 Å². The van der Waals surface area contributed by atoms with E-state index >= 15 is 0 Å². The summed E-state index contributed by atoms with van der Waals surface area (Å²) in [6, 6.07) is 0.463. The van der Waals surface area contributed by atoms with Crippen LogP contribution in [0.1, 0.15) is 39.5 Å². The molecule has 2 rings (SSSR count). The van der Waals surface area contributed by atoms with Crippen LogP contribution in [0, 0.1) is 0 Å². The average molecular weight is 284 g/mol. The Morgan fingerprint density at radius 3 is 2.95 bits per heavy atom. The fraction of sp³-hybridized carbons (Fsp3) is 0.933. The molecule has 0 spiro atoms. The second-order valence-electron chi connectivity index (χ2n) is 5.85. The van der Waals surface area contributed by atoms with Crippen LogP contribution in [0.25, 0.3) is 0 Å². The van der Waals surface area contributed by atoms with E-state index in [1.807, 2.05) is 14.0 Å². The van der Waals surface area contributed by atoms with Crippen LogP contribution >= 0.6 is 0 Å². The van der Waals surface area contributed by atoms with Crippen molar-refractivity contribution in [3.63, 3.8) is 0 Å². The molecule has 0 bridgehead atoms. The molecule has 1 aliphatic carbocycles. The molecule has 1 heterocycles. The number of hydrogen-bond acceptors (Lipinski definition) is 5. The van der Waals surface area contributed by atoms with Gasteiger partial charge in [0.15, 0.2) is 0 Å². The van der Waals surface area contributed by atoms with Gasteiger partial charge in [-0.05, 0) is 39.7 Å². The Balaban J connectivity index is 1.97. The fourth-order valence-electron chi connectivity index (χ4n) is 3.44. The molecule has 2 fully saturated rings. The van der Waals surface area contributed by atoms with Gasteiger partial charge in [0.05, 0.1) is 19.3 Å². The van der Waals surface area contributed by atoms with Crippen LogP contribution in [0.2, 0.25) is 0 Å². The Bertz CT molecular complexity index is 337. The van der Waals surface area contributed by atoms with Gasteiger partial charge < -0.3 is 14.8 Å². The van der Waals surface area contributed by atoms with Crippen LogP contribution in [0.5, 0.6) is 0 Å². The van der Waals surface area contributed by atoms with Crippen LogP contribution < -0.4 is 5.32 Å². The summed E-state index contributed by atoms with van der Waals surface area (Å²) in [5.74, 6) is -0.0923.